The van der Waals surface area contributed by atoms with Crippen molar-refractivity contribution in [1.29, 1.82) is 0 Å². The third-order valence-corrected chi connectivity index (χ3v) is 3.34. The number of hydrogen-bond acceptors (Lipinski definition) is 2. The summed E-state index contributed by atoms with van der Waals surface area (Å²) in [7, 11) is 0. The van der Waals surface area contributed by atoms with Crippen molar-refractivity contribution in [1.82, 2.24) is 4.98 Å². The van der Waals surface area contributed by atoms with Crippen LogP contribution in [0.2, 0.25) is 10.2 Å². The number of nitrogens with two attached hydrogens (primary N) is 1. The van der Waals surface area contributed by atoms with Gasteiger partial charge in [0.1, 0.15) is 5.15 Å². The van der Waals surface area contributed by atoms with Crippen molar-refractivity contribution in [2.24, 2.45) is 5.73 Å². The molecule has 0 atom stereocenters. The Morgan fingerprint density at radius 3 is 2.71 bits per heavy atom. The Kier molecular flexibility index (Phi) is 2.69. The maximum Gasteiger partial charge on any atom is 0.147 e. The molecule has 1 aliphatic carbocycles. The Hall–Kier alpha value is -0.310. The summed E-state index contributed by atoms with van der Waals surface area (Å²) in [6.07, 6.45) is 5.98. The normalized spacial score (nSPS) is 18.2. The van der Waals surface area contributed by atoms with Gasteiger partial charge in [-0.2, -0.15) is 0 Å². The molecule has 0 spiro atoms. The number of pyridine rings is 1. The van der Waals surface area contributed by atoms with E-state index in [1.807, 2.05) is 6.07 Å². The monoisotopic (exact) mass is 230 g/mol. The van der Waals surface area contributed by atoms with Crippen molar-refractivity contribution in [3.8, 4) is 0 Å². The molecule has 2 rings (SSSR count). The van der Waals surface area contributed by atoms with Crippen LogP contribution in [0.1, 0.15) is 24.8 Å². The van der Waals surface area contributed by atoms with Gasteiger partial charge in [0.2, 0.25) is 0 Å². The van der Waals surface area contributed by atoms with Crippen LogP contribution < -0.4 is 5.73 Å². The molecule has 0 radical (unpaired) electrons. The van der Waals surface area contributed by atoms with E-state index in [4.69, 9.17) is 28.9 Å². The Morgan fingerprint density at radius 2 is 2.14 bits per heavy atom. The lowest BCUT2D eigenvalue weighted by molar-refractivity contribution is 0.608. The highest BCUT2D eigenvalue weighted by molar-refractivity contribution is 6.41. The molecule has 0 amide bonds. The Morgan fingerprint density at radius 1 is 1.43 bits per heavy atom. The van der Waals surface area contributed by atoms with E-state index in [1.165, 1.54) is 0 Å². The minimum Gasteiger partial charge on any atom is -0.325 e. The van der Waals surface area contributed by atoms with Gasteiger partial charge in [-0.1, -0.05) is 23.2 Å². The second-order valence-electron chi connectivity index (χ2n) is 3.98. The fourth-order valence-electron chi connectivity index (χ4n) is 1.40. The molecule has 0 bridgehead atoms. The molecular weight excluding hydrogens is 219 g/mol. The van der Waals surface area contributed by atoms with Gasteiger partial charge in [-0.15, -0.1) is 0 Å². The fourth-order valence-corrected chi connectivity index (χ4v) is 1.69. The van der Waals surface area contributed by atoms with Crippen LogP contribution in [0.5, 0.6) is 0 Å². The van der Waals surface area contributed by atoms with E-state index in [-0.39, 0.29) is 5.54 Å². The highest BCUT2D eigenvalue weighted by atomic mass is 35.5. The van der Waals surface area contributed by atoms with Crippen LogP contribution in [-0.4, -0.2) is 10.5 Å². The van der Waals surface area contributed by atoms with Crippen molar-refractivity contribution in [3.63, 3.8) is 0 Å². The van der Waals surface area contributed by atoms with Gasteiger partial charge < -0.3 is 5.73 Å². The molecule has 1 aromatic rings. The number of hydrogen-bond donors (Lipinski definition) is 1. The summed E-state index contributed by atoms with van der Waals surface area (Å²) in [6, 6.07) is 1.86. The third kappa shape index (κ3) is 2.38. The first kappa shape index (κ1) is 10.2. The first-order chi connectivity index (χ1) is 6.59. The molecule has 0 saturated heterocycles. The highest BCUT2D eigenvalue weighted by Gasteiger charge is 2.37. The average molecular weight is 231 g/mol. The van der Waals surface area contributed by atoms with Gasteiger partial charge in [0.25, 0.3) is 0 Å². The number of aromatic nitrogens is 1. The lowest BCUT2D eigenvalue weighted by Crippen LogP contribution is -2.22. The van der Waals surface area contributed by atoms with Crippen LogP contribution >= 0.6 is 23.2 Å². The molecule has 1 saturated carbocycles. The first-order valence-corrected chi connectivity index (χ1v) is 5.43. The van der Waals surface area contributed by atoms with Gasteiger partial charge in [-0.25, -0.2) is 4.98 Å². The van der Waals surface area contributed by atoms with Crippen LogP contribution in [0.4, 0.5) is 0 Å². The van der Waals surface area contributed by atoms with Gasteiger partial charge in [0, 0.05) is 11.7 Å². The van der Waals surface area contributed by atoms with E-state index in [2.05, 4.69) is 4.98 Å². The minimum atomic E-state index is 0.0894. The van der Waals surface area contributed by atoms with Crippen LogP contribution in [0.25, 0.3) is 0 Å². The molecule has 0 aliphatic heterocycles. The van der Waals surface area contributed by atoms with Crippen molar-refractivity contribution < 1.29 is 0 Å². The molecule has 1 fully saturated rings. The fraction of sp³-hybridized carbons (Fsp3) is 0.500. The van der Waals surface area contributed by atoms with Crippen LogP contribution in [-0.2, 0) is 6.42 Å². The zero-order chi connectivity index (χ0) is 10.2. The molecule has 2 N–H and O–H groups in total. The van der Waals surface area contributed by atoms with Gasteiger partial charge >= 0.3 is 0 Å². The smallest absolute Gasteiger partial charge is 0.147 e. The van der Waals surface area contributed by atoms with Gasteiger partial charge in [-0.05, 0) is 37.3 Å². The molecule has 14 heavy (non-hydrogen) atoms. The Bertz CT molecular complexity index is 348. The Labute approximate surface area is 93.4 Å². The van der Waals surface area contributed by atoms with E-state index < -0.39 is 0 Å². The molecule has 0 aromatic carbocycles. The zero-order valence-electron chi connectivity index (χ0n) is 7.76. The molecule has 76 valence electrons. The van der Waals surface area contributed by atoms with E-state index in [0.29, 0.717) is 10.2 Å². The molecule has 1 heterocycles. The summed E-state index contributed by atoms with van der Waals surface area (Å²) in [5.74, 6) is 0. The van der Waals surface area contributed by atoms with Gasteiger partial charge in [0.05, 0.1) is 5.02 Å². The predicted octanol–water partition coefficient (Wildman–Crippen LogP) is 2.81. The van der Waals surface area contributed by atoms with Crippen molar-refractivity contribution >= 4 is 23.2 Å². The number of aryl methyl sites for hydroxylation is 1. The summed E-state index contributed by atoms with van der Waals surface area (Å²) in [5, 5.41) is 0.885. The SMILES string of the molecule is NC1(CCc2cnc(Cl)c(Cl)c2)CC1. The summed E-state index contributed by atoms with van der Waals surface area (Å²) in [5.41, 5.74) is 7.18. The number of halogens is 2. The van der Waals surface area contributed by atoms with Crippen molar-refractivity contribution in [2.45, 2.75) is 31.2 Å². The van der Waals surface area contributed by atoms with Gasteiger partial charge in [-0.3, -0.25) is 0 Å². The second kappa shape index (κ2) is 3.69. The number of nitrogens with zero attached hydrogens (tertiary/aromatic N) is 1. The van der Waals surface area contributed by atoms with Crippen LogP contribution in [0.15, 0.2) is 12.3 Å². The first-order valence-electron chi connectivity index (χ1n) is 4.68. The predicted molar refractivity (Wildman–Crippen MR) is 58.7 cm³/mol. The second-order valence-corrected chi connectivity index (χ2v) is 4.74. The average Bonchev–Trinajstić information content (AvgIpc) is 2.87. The molecular formula is C10H12Cl2N2. The third-order valence-electron chi connectivity index (χ3n) is 2.66. The van der Waals surface area contributed by atoms with Crippen molar-refractivity contribution in [3.05, 3.63) is 28.0 Å². The maximum absolute atomic E-state index is 5.98. The molecule has 0 unspecified atom stereocenters. The summed E-state index contributed by atoms with van der Waals surface area (Å²) < 4.78 is 0. The minimum absolute atomic E-state index is 0.0894. The van der Waals surface area contributed by atoms with E-state index >= 15 is 0 Å². The maximum atomic E-state index is 5.98. The quantitative estimate of drug-likeness (QED) is 0.812. The lowest BCUT2D eigenvalue weighted by Gasteiger charge is -2.07. The molecule has 2 nitrogen and oxygen atoms in total. The molecule has 1 aromatic heterocycles. The van der Waals surface area contributed by atoms with E-state index in [0.717, 1.165) is 31.2 Å². The largest absolute Gasteiger partial charge is 0.325 e. The lowest BCUT2D eigenvalue weighted by atomic mass is 10.1. The summed E-state index contributed by atoms with van der Waals surface area (Å²) in [4.78, 5) is 3.99. The van der Waals surface area contributed by atoms with Crippen LogP contribution in [0.3, 0.4) is 0 Å². The van der Waals surface area contributed by atoms with E-state index in [1.54, 1.807) is 6.20 Å². The highest BCUT2D eigenvalue weighted by Crippen LogP contribution is 2.36. The molecule has 4 heteroatoms. The van der Waals surface area contributed by atoms with Gasteiger partial charge in [0.15, 0.2) is 0 Å². The van der Waals surface area contributed by atoms with E-state index in [9.17, 15) is 0 Å². The standard InChI is InChI=1S/C10H12Cl2N2/c11-8-5-7(6-14-9(8)12)1-2-10(13)3-4-10/h5-6H,1-4,13H2. The number of rotatable bonds is 3. The topological polar surface area (TPSA) is 38.9 Å². The summed E-state index contributed by atoms with van der Waals surface area (Å²) >= 11 is 11.6. The van der Waals surface area contributed by atoms with Crippen molar-refractivity contribution in [2.75, 3.05) is 0 Å². The Balaban J connectivity index is 1.99. The molecule has 1 aliphatic rings. The zero-order valence-corrected chi connectivity index (χ0v) is 9.28. The van der Waals surface area contributed by atoms with Crippen LogP contribution in [0, 0.1) is 0 Å². The summed E-state index contributed by atoms with van der Waals surface area (Å²) in [6.45, 7) is 0.